The van der Waals surface area contributed by atoms with Crippen molar-refractivity contribution in [1.29, 1.82) is 0 Å². The molecule has 0 saturated heterocycles. The van der Waals surface area contributed by atoms with Gasteiger partial charge in [0.25, 0.3) is 5.91 Å². The Kier molecular flexibility index (Phi) is 8.27. The number of ether oxygens (including phenoxy) is 3. The summed E-state index contributed by atoms with van der Waals surface area (Å²) in [5.74, 6) is 1.45. The van der Waals surface area contributed by atoms with Gasteiger partial charge in [0.15, 0.2) is 18.1 Å². The highest BCUT2D eigenvalue weighted by Crippen LogP contribution is 2.36. The largest absolute Gasteiger partial charge is 0.493 e. The van der Waals surface area contributed by atoms with Gasteiger partial charge in [-0.15, -0.1) is 0 Å². The summed E-state index contributed by atoms with van der Waals surface area (Å²) in [4.78, 5) is 12.0. The van der Waals surface area contributed by atoms with Crippen molar-refractivity contribution in [3.8, 4) is 17.2 Å². The molecule has 7 heteroatoms. The highest BCUT2D eigenvalue weighted by Gasteiger charge is 2.12. The van der Waals surface area contributed by atoms with Crippen LogP contribution >= 0.6 is 15.9 Å². The van der Waals surface area contributed by atoms with Crippen LogP contribution in [-0.2, 0) is 11.4 Å². The minimum absolute atomic E-state index is 0.125. The van der Waals surface area contributed by atoms with Gasteiger partial charge in [-0.25, -0.2) is 5.43 Å². The van der Waals surface area contributed by atoms with E-state index in [1.54, 1.807) is 13.2 Å². The summed E-state index contributed by atoms with van der Waals surface area (Å²) in [5, 5.41) is 4.01. The van der Waals surface area contributed by atoms with Gasteiger partial charge in [-0.05, 0) is 76.3 Å². The number of rotatable bonds is 9. The van der Waals surface area contributed by atoms with Crippen molar-refractivity contribution in [1.82, 2.24) is 5.43 Å². The summed E-state index contributed by atoms with van der Waals surface area (Å²) in [7, 11) is 1.57. The number of hydrogen-bond donors (Lipinski definition) is 1. The van der Waals surface area contributed by atoms with E-state index >= 15 is 0 Å². The number of carbonyl (C=O) groups excluding carboxylic acids is 1. The van der Waals surface area contributed by atoms with Crippen LogP contribution in [0.15, 0.2) is 70.2 Å². The number of halogens is 1. The van der Waals surface area contributed by atoms with E-state index in [1.807, 2.05) is 68.4 Å². The van der Waals surface area contributed by atoms with E-state index in [9.17, 15) is 4.79 Å². The number of nitrogens with zero attached hydrogens (tertiary/aromatic N) is 1. The minimum Gasteiger partial charge on any atom is -0.493 e. The van der Waals surface area contributed by atoms with Crippen LogP contribution in [0.25, 0.3) is 0 Å². The van der Waals surface area contributed by atoms with Crippen molar-refractivity contribution in [2.75, 3.05) is 13.7 Å². The topological polar surface area (TPSA) is 69.2 Å². The van der Waals surface area contributed by atoms with E-state index in [-0.39, 0.29) is 12.5 Å². The average Bonchev–Trinajstić information content (AvgIpc) is 2.76. The molecular weight excluding hydrogens is 472 g/mol. The molecular formula is C25H25BrN2O4. The Labute approximate surface area is 196 Å². The predicted molar refractivity (Wildman–Crippen MR) is 129 cm³/mol. The van der Waals surface area contributed by atoms with E-state index in [1.165, 1.54) is 6.21 Å². The number of nitrogens with one attached hydrogen (secondary N) is 1. The van der Waals surface area contributed by atoms with Gasteiger partial charge in [-0.1, -0.05) is 36.4 Å². The van der Waals surface area contributed by atoms with Crippen LogP contribution in [0.4, 0.5) is 0 Å². The molecule has 3 aromatic rings. The smallest absolute Gasteiger partial charge is 0.277 e. The summed E-state index contributed by atoms with van der Waals surface area (Å²) >= 11 is 3.52. The Balaban J connectivity index is 1.57. The number of benzene rings is 3. The second kappa shape index (κ2) is 11.3. The molecule has 0 aromatic heterocycles. The lowest BCUT2D eigenvalue weighted by atomic mass is 10.1. The minimum atomic E-state index is -0.353. The highest BCUT2D eigenvalue weighted by atomic mass is 79.9. The fourth-order valence-electron chi connectivity index (χ4n) is 3.06. The summed E-state index contributed by atoms with van der Waals surface area (Å²) in [6.45, 7) is 4.25. The molecule has 32 heavy (non-hydrogen) atoms. The van der Waals surface area contributed by atoms with Gasteiger partial charge >= 0.3 is 0 Å². The number of methoxy groups -OCH3 is 1. The lowest BCUT2D eigenvalue weighted by Gasteiger charge is -2.13. The van der Waals surface area contributed by atoms with Gasteiger partial charge in [-0.3, -0.25) is 4.79 Å². The van der Waals surface area contributed by atoms with Crippen molar-refractivity contribution < 1.29 is 19.0 Å². The normalized spacial score (nSPS) is 10.8. The van der Waals surface area contributed by atoms with Gasteiger partial charge in [0.2, 0.25) is 0 Å². The van der Waals surface area contributed by atoms with Gasteiger partial charge in [0.1, 0.15) is 12.4 Å². The zero-order chi connectivity index (χ0) is 22.9. The lowest BCUT2D eigenvalue weighted by Crippen LogP contribution is -2.24. The number of aryl methyl sites for hydroxylation is 2. The van der Waals surface area contributed by atoms with Crippen molar-refractivity contribution in [2.45, 2.75) is 20.5 Å². The quantitative estimate of drug-likeness (QED) is 0.327. The predicted octanol–water partition coefficient (Wildman–Crippen LogP) is 5.18. The second-order valence-corrected chi connectivity index (χ2v) is 8.07. The molecule has 166 valence electrons. The zero-order valence-corrected chi connectivity index (χ0v) is 19.8. The first-order chi connectivity index (χ1) is 15.4. The molecule has 6 nitrogen and oxygen atoms in total. The third-order valence-electron chi connectivity index (χ3n) is 4.45. The van der Waals surface area contributed by atoms with Crippen LogP contribution in [-0.4, -0.2) is 25.8 Å². The summed E-state index contributed by atoms with van der Waals surface area (Å²) in [6, 6.07) is 19.3. The van der Waals surface area contributed by atoms with Gasteiger partial charge in [0.05, 0.1) is 17.8 Å². The van der Waals surface area contributed by atoms with Crippen molar-refractivity contribution in [3.05, 3.63) is 87.4 Å². The third kappa shape index (κ3) is 6.85. The van der Waals surface area contributed by atoms with Crippen molar-refractivity contribution >= 4 is 28.1 Å². The molecule has 0 unspecified atom stereocenters. The number of carbonyl (C=O) groups is 1. The maximum Gasteiger partial charge on any atom is 0.277 e. The van der Waals surface area contributed by atoms with Crippen molar-refractivity contribution in [3.63, 3.8) is 0 Å². The Morgan fingerprint density at radius 3 is 2.44 bits per heavy atom. The number of amides is 1. The van der Waals surface area contributed by atoms with Crippen molar-refractivity contribution in [2.24, 2.45) is 5.10 Å². The maximum atomic E-state index is 12.0. The third-order valence-corrected chi connectivity index (χ3v) is 5.03. The first-order valence-corrected chi connectivity index (χ1v) is 10.8. The van der Waals surface area contributed by atoms with E-state index < -0.39 is 0 Å². The van der Waals surface area contributed by atoms with Gasteiger partial charge < -0.3 is 14.2 Å². The maximum absolute atomic E-state index is 12.0. The Morgan fingerprint density at radius 1 is 1.03 bits per heavy atom. The average molecular weight is 497 g/mol. The number of hydrazone groups is 1. The summed E-state index contributed by atoms with van der Waals surface area (Å²) in [5.41, 5.74) is 6.41. The van der Waals surface area contributed by atoms with Crippen LogP contribution in [0.3, 0.4) is 0 Å². The summed E-state index contributed by atoms with van der Waals surface area (Å²) < 4.78 is 17.7. The molecule has 0 aliphatic carbocycles. The Morgan fingerprint density at radius 2 is 1.75 bits per heavy atom. The fourth-order valence-corrected chi connectivity index (χ4v) is 3.63. The lowest BCUT2D eigenvalue weighted by molar-refractivity contribution is -0.123. The van der Waals surface area contributed by atoms with Crippen LogP contribution in [0.2, 0.25) is 0 Å². The second-order valence-electron chi connectivity index (χ2n) is 7.21. The Hall–Kier alpha value is -3.32. The molecule has 0 radical (unpaired) electrons. The van der Waals surface area contributed by atoms with Gasteiger partial charge in [-0.2, -0.15) is 5.10 Å². The van der Waals surface area contributed by atoms with Crippen LogP contribution < -0.4 is 19.6 Å². The SMILES string of the molecule is COc1cc(/C=N/NC(=O)COc2cc(C)cc(C)c2)cc(Br)c1OCc1ccccc1. The molecule has 0 aliphatic rings. The molecule has 0 fully saturated rings. The molecule has 1 N–H and O–H groups in total. The fraction of sp³-hybridized carbons (Fsp3) is 0.200. The van der Waals surface area contributed by atoms with Crippen LogP contribution in [0.5, 0.6) is 17.2 Å². The highest BCUT2D eigenvalue weighted by molar-refractivity contribution is 9.10. The first kappa shape index (κ1) is 23.3. The van der Waals surface area contributed by atoms with Crippen LogP contribution in [0, 0.1) is 13.8 Å². The molecule has 0 spiro atoms. The molecule has 0 saturated carbocycles. The molecule has 0 bridgehead atoms. The first-order valence-electron chi connectivity index (χ1n) is 10.0. The van der Waals surface area contributed by atoms with E-state index in [4.69, 9.17) is 14.2 Å². The molecule has 3 aromatic carbocycles. The zero-order valence-electron chi connectivity index (χ0n) is 18.2. The monoisotopic (exact) mass is 496 g/mol. The molecule has 0 aliphatic heterocycles. The Bertz CT molecular complexity index is 1080. The molecule has 1 amide bonds. The van der Waals surface area contributed by atoms with Crippen LogP contribution in [0.1, 0.15) is 22.3 Å². The van der Waals surface area contributed by atoms with E-state index in [0.29, 0.717) is 23.9 Å². The molecule has 0 heterocycles. The van der Waals surface area contributed by atoms with E-state index in [2.05, 4.69) is 26.5 Å². The molecule has 0 atom stereocenters. The van der Waals surface area contributed by atoms with E-state index in [0.717, 1.165) is 26.7 Å². The summed E-state index contributed by atoms with van der Waals surface area (Å²) in [6.07, 6.45) is 1.53. The molecule has 3 rings (SSSR count). The standard InChI is InChI=1S/C25H25BrN2O4/c1-17-9-18(2)11-21(10-17)31-16-24(29)28-27-14-20-12-22(26)25(23(13-20)30-3)32-15-19-7-5-4-6-8-19/h4-14H,15-16H2,1-3H3,(H,28,29)/b27-14+. The number of hydrogen-bond acceptors (Lipinski definition) is 5. The van der Waals surface area contributed by atoms with Gasteiger partial charge in [0, 0.05) is 0 Å².